The molecule has 5 atom stereocenters. The topological polar surface area (TPSA) is 73.9 Å². The van der Waals surface area contributed by atoms with Gasteiger partial charge in [0.25, 0.3) is 0 Å². The number of hydrogen-bond donors (Lipinski definition) is 2. The van der Waals surface area contributed by atoms with Crippen molar-refractivity contribution >= 4 is 0 Å². The van der Waals surface area contributed by atoms with E-state index in [1.165, 1.54) is 19.3 Å². The van der Waals surface area contributed by atoms with E-state index in [0.717, 1.165) is 12.8 Å². The maximum Gasteiger partial charge on any atom is 0.195 e. The highest BCUT2D eigenvalue weighted by Gasteiger charge is 2.62. The number of ether oxygens (including phenoxy) is 3. The smallest absolute Gasteiger partial charge is 0.195 e. The van der Waals surface area contributed by atoms with Gasteiger partial charge < -0.3 is 25.1 Å². The van der Waals surface area contributed by atoms with Crippen molar-refractivity contribution in [2.24, 2.45) is 5.73 Å². The Morgan fingerprint density at radius 3 is 2.38 bits per heavy atom. The van der Waals surface area contributed by atoms with E-state index in [-0.39, 0.29) is 18.2 Å². The Hall–Kier alpha value is -0.200. The third-order valence-corrected chi connectivity index (χ3v) is 4.39. The number of unbranched alkanes of at least 4 members (excludes halogenated alkanes) is 4. The van der Waals surface area contributed by atoms with Crippen LogP contribution in [-0.2, 0) is 14.2 Å². The number of nitrogens with two attached hydrogens (primary N) is 1. The van der Waals surface area contributed by atoms with Crippen molar-refractivity contribution in [3.63, 3.8) is 0 Å². The SMILES string of the molecule is CCCCCCC[C@]1(O)O[C@H]([C@H](C)N)[C@@H]2OC(C)(C)O[C@@H]21. The summed E-state index contributed by atoms with van der Waals surface area (Å²) in [6, 6.07) is -0.205. The Bertz CT molecular complexity index is 347. The average Bonchev–Trinajstić information content (AvgIpc) is 2.83. The summed E-state index contributed by atoms with van der Waals surface area (Å²) >= 11 is 0. The van der Waals surface area contributed by atoms with Crippen molar-refractivity contribution in [3.05, 3.63) is 0 Å². The number of rotatable bonds is 7. The molecule has 0 aromatic carbocycles. The van der Waals surface area contributed by atoms with E-state index >= 15 is 0 Å². The monoisotopic (exact) mass is 301 g/mol. The molecule has 0 aromatic heterocycles. The lowest BCUT2D eigenvalue weighted by atomic mass is 9.97. The van der Waals surface area contributed by atoms with Gasteiger partial charge in [-0.25, -0.2) is 0 Å². The normalized spacial score (nSPS) is 39.4. The van der Waals surface area contributed by atoms with Crippen LogP contribution in [-0.4, -0.2) is 41.0 Å². The molecule has 0 saturated carbocycles. The Balaban J connectivity index is 1.98. The molecule has 2 aliphatic rings. The van der Waals surface area contributed by atoms with Gasteiger partial charge in [0.15, 0.2) is 11.6 Å². The van der Waals surface area contributed by atoms with Gasteiger partial charge in [0.05, 0.1) is 0 Å². The second-order valence-corrected chi connectivity index (χ2v) is 6.97. The first-order chi connectivity index (χ1) is 9.79. The predicted octanol–water partition coefficient (Wildman–Crippen LogP) is 2.30. The molecule has 3 N–H and O–H groups in total. The van der Waals surface area contributed by atoms with Crippen molar-refractivity contribution in [1.82, 2.24) is 0 Å². The molecule has 2 fully saturated rings. The Labute approximate surface area is 128 Å². The molecule has 0 bridgehead atoms. The molecule has 2 heterocycles. The molecule has 0 amide bonds. The Kier molecular flexibility index (Phi) is 5.31. The lowest BCUT2D eigenvalue weighted by Gasteiger charge is -2.31. The average molecular weight is 301 g/mol. The van der Waals surface area contributed by atoms with Crippen LogP contribution in [0.5, 0.6) is 0 Å². The predicted molar refractivity (Wildman–Crippen MR) is 80.7 cm³/mol. The molecule has 0 aliphatic carbocycles. The number of fused-ring (bicyclic) bond motifs is 1. The fourth-order valence-corrected chi connectivity index (χ4v) is 3.34. The molecule has 124 valence electrons. The molecule has 0 unspecified atom stereocenters. The summed E-state index contributed by atoms with van der Waals surface area (Å²) in [4.78, 5) is 0. The first-order valence-electron chi connectivity index (χ1n) is 8.30. The van der Waals surface area contributed by atoms with E-state index < -0.39 is 17.7 Å². The molecule has 0 spiro atoms. The second-order valence-electron chi connectivity index (χ2n) is 6.97. The summed E-state index contributed by atoms with van der Waals surface area (Å²) < 4.78 is 17.7. The third kappa shape index (κ3) is 3.77. The zero-order chi connectivity index (χ0) is 15.7. The third-order valence-electron chi connectivity index (χ3n) is 4.39. The minimum absolute atomic E-state index is 0.205. The van der Waals surface area contributed by atoms with Gasteiger partial charge in [0.2, 0.25) is 0 Å². The van der Waals surface area contributed by atoms with Crippen LogP contribution in [0.15, 0.2) is 0 Å². The Morgan fingerprint density at radius 1 is 1.10 bits per heavy atom. The molecule has 0 aromatic rings. The number of aliphatic hydroxyl groups is 1. The molecule has 0 radical (unpaired) electrons. The van der Waals surface area contributed by atoms with Gasteiger partial charge >= 0.3 is 0 Å². The van der Waals surface area contributed by atoms with E-state index in [4.69, 9.17) is 19.9 Å². The van der Waals surface area contributed by atoms with Gasteiger partial charge in [-0.1, -0.05) is 32.6 Å². The van der Waals surface area contributed by atoms with E-state index in [1.54, 1.807) is 0 Å². The van der Waals surface area contributed by atoms with Crippen LogP contribution in [0.1, 0.15) is 66.2 Å². The highest BCUT2D eigenvalue weighted by atomic mass is 16.8. The summed E-state index contributed by atoms with van der Waals surface area (Å²) in [6.45, 7) is 7.80. The summed E-state index contributed by atoms with van der Waals surface area (Å²) in [7, 11) is 0. The molecule has 2 aliphatic heterocycles. The van der Waals surface area contributed by atoms with Crippen LogP contribution in [0, 0.1) is 0 Å². The largest absolute Gasteiger partial charge is 0.363 e. The molecular weight excluding hydrogens is 270 g/mol. The van der Waals surface area contributed by atoms with Gasteiger partial charge in [-0.3, -0.25) is 0 Å². The van der Waals surface area contributed by atoms with Crippen LogP contribution in [0.25, 0.3) is 0 Å². The molecule has 21 heavy (non-hydrogen) atoms. The van der Waals surface area contributed by atoms with E-state index in [1.807, 2.05) is 20.8 Å². The van der Waals surface area contributed by atoms with Crippen molar-refractivity contribution in [2.45, 2.75) is 102 Å². The van der Waals surface area contributed by atoms with Crippen LogP contribution in [0.4, 0.5) is 0 Å². The highest BCUT2D eigenvalue weighted by molar-refractivity contribution is 5.04. The van der Waals surface area contributed by atoms with Crippen LogP contribution in [0.3, 0.4) is 0 Å². The molecular formula is C16H31NO4. The fourth-order valence-electron chi connectivity index (χ4n) is 3.34. The van der Waals surface area contributed by atoms with Crippen molar-refractivity contribution in [2.75, 3.05) is 0 Å². The van der Waals surface area contributed by atoms with Crippen molar-refractivity contribution < 1.29 is 19.3 Å². The van der Waals surface area contributed by atoms with Crippen molar-refractivity contribution in [3.8, 4) is 0 Å². The van der Waals surface area contributed by atoms with Gasteiger partial charge in [0.1, 0.15) is 18.3 Å². The minimum Gasteiger partial charge on any atom is -0.363 e. The highest BCUT2D eigenvalue weighted by Crippen LogP contribution is 2.45. The lowest BCUT2D eigenvalue weighted by molar-refractivity contribution is -0.277. The molecule has 2 saturated heterocycles. The Morgan fingerprint density at radius 2 is 1.76 bits per heavy atom. The maximum atomic E-state index is 10.9. The minimum atomic E-state index is -1.27. The fraction of sp³-hybridized carbons (Fsp3) is 1.00. The second kappa shape index (κ2) is 6.50. The standard InChI is InChI=1S/C16H31NO4/c1-5-6-7-8-9-10-16(18)14-13(12(20-16)11(2)17)19-15(3,4)21-14/h11-14,18H,5-10,17H2,1-4H3/t11-,12+,13-,14-,16-/m0/s1. The summed E-state index contributed by atoms with van der Waals surface area (Å²) in [5, 5.41) is 10.9. The lowest BCUT2D eigenvalue weighted by Crippen LogP contribution is -2.43. The first kappa shape index (κ1) is 17.2. The molecule has 2 rings (SSSR count). The van der Waals surface area contributed by atoms with Gasteiger partial charge in [-0.15, -0.1) is 0 Å². The quantitative estimate of drug-likeness (QED) is 0.706. The maximum absolute atomic E-state index is 10.9. The van der Waals surface area contributed by atoms with Gasteiger partial charge in [-0.2, -0.15) is 0 Å². The van der Waals surface area contributed by atoms with Crippen LogP contribution >= 0.6 is 0 Å². The van der Waals surface area contributed by atoms with E-state index in [9.17, 15) is 5.11 Å². The van der Waals surface area contributed by atoms with Crippen LogP contribution < -0.4 is 5.73 Å². The molecule has 5 nitrogen and oxygen atoms in total. The summed E-state index contributed by atoms with van der Waals surface area (Å²) in [5.41, 5.74) is 5.99. The number of hydrogen-bond acceptors (Lipinski definition) is 5. The molecule has 5 heteroatoms. The van der Waals surface area contributed by atoms with E-state index in [2.05, 4.69) is 6.92 Å². The zero-order valence-corrected chi connectivity index (χ0v) is 13.8. The summed E-state index contributed by atoms with van der Waals surface area (Å²) in [6.07, 6.45) is 5.18. The van der Waals surface area contributed by atoms with E-state index in [0.29, 0.717) is 6.42 Å². The zero-order valence-electron chi connectivity index (χ0n) is 13.8. The summed E-state index contributed by atoms with van der Waals surface area (Å²) in [5.74, 6) is -1.97. The van der Waals surface area contributed by atoms with Gasteiger partial charge in [-0.05, 0) is 27.2 Å². The van der Waals surface area contributed by atoms with Gasteiger partial charge in [0, 0.05) is 12.5 Å². The van der Waals surface area contributed by atoms with Crippen molar-refractivity contribution in [1.29, 1.82) is 0 Å². The van der Waals surface area contributed by atoms with Crippen LogP contribution in [0.2, 0.25) is 0 Å². The first-order valence-corrected chi connectivity index (χ1v) is 8.30.